The molecule has 8 atom stereocenters. The summed E-state index contributed by atoms with van der Waals surface area (Å²) in [7, 11) is 3.59. The van der Waals surface area contributed by atoms with E-state index in [1.165, 1.54) is 11.1 Å². The molecule has 306 valence electrons. The van der Waals surface area contributed by atoms with Gasteiger partial charge < -0.3 is 30.3 Å². The highest BCUT2D eigenvalue weighted by Gasteiger charge is 2.49. The van der Waals surface area contributed by atoms with E-state index in [0.29, 0.717) is 49.0 Å². The molecule has 0 radical (unpaired) electrons. The topological polar surface area (TPSA) is 130 Å². The van der Waals surface area contributed by atoms with E-state index in [0.717, 1.165) is 89.9 Å². The molecule has 7 aliphatic heterocycles. The third-order valence-electron chi connectivity index (χ3n) is 14.0. The number of ketones is 1. The lowest BCUT2D eigenvalue weighted by Gasteiger charge is -2.40. The molecule has 2 aromatic carbocycles. The number of nitrogens with zero attached hydrogens (tertiary/aromatic N) is 2. The summed E-state index contributed by atoms with van der Waals surface area (Å²) < 4.78 is 13.8. The van der Waals surface area contributed by atoms with Crippen molar-refractivity contribution in [2.75, 3.05) is 18.8 Å². The van der Waals surface area contributed by atoms with Gasteiger partial charge in [-0.25, -0.2) is 0 Å². The van der Waals surface area contributed by atoms with Gasteiger partial charge in [-0.3, -0.25) is 15.1 Å². The van der Waals surface area contributed by atoms with Crippen LogP contribution in [-0.4, -0.2) is 58.3 Å². The standard InChI is InChI=1S/C48H52N4O5S2/c1-28-4-6-30(7-5-28)42(55)21-33(53)10-8-29-9-15-43-45-38(29)27-59-58-26-32-23-51-46(49)35-12-11-34-36(44(32)35)20-31-22-50-40-25-52(24-37(31)40)47(57-45)39(13-14-41(34)54)48(18-19-56-43)16-2-3-17-48/h4,6,9,11-12,15,22,25,28,30,32,39,41-42,46-47,51,54-55H,2-3,5,7-8,10,16-17,20-21,23-24,26-27,49H2,1H3. The number of Topliss-reactive ketones (excluding diaryl/α,β-unsaturated/α-hetero) is 1. The van der Waals surface area contributed by atoms with Gasteiger partial charge in [0.25, 0.3) is 0 Å². The van der Waals surface area contributed by atoms with Crippen LogP contribution in [0, 0.1) is 47.0 Å². The van der Waals surface area contributed by atoms with Gasteiger partial charge in [-0.05, 0) is 77.5 Å². The Bertz CT molecular complexity index is 2310. The minimum absolute atomic E-state index is 0.0199. The predicted octanol–water partition coefficient (Wildman–Crippen LogP) is 7.15. The zero-order valence-corrected chi connectivity index (χ0v) is 35.2. The number of benzene rings is 2. The van der Waals surface area contributed by atoms with Crippen LogP contribution in [0.3, 0.4) is 0 Å². The van der Waals surface area contributed by atoms with Crippen LogP contribution in [0.15, 0.2) is 64.5 Å². The number of aliphatic hydroxyl groups excluding tert-OH is 2. The first kappa shape index (κ1) is 39.2. The molecule has 1 fully saturated rings. The van der Waals surface area contributed by atoms with Gasteiger partial charge in [-0.15, -0.1) is 0 Å². The fraction of sp³-hybridized carbons (Fsp3) is 0.500. The van der Waals surface area contributed by atoms with E-state index < -0.39 is 29.8 Å². The number of aryl methyl sites for hydroxylation is 1. The lowest BCUT2D eigenvalue weighted by molar-refractivity contribution is -0.121. The number of ether oxygens (including phenoxy) is 2. The third kappa shape index (κ3) is 7.36. The number of aliphatic imine (C=N–C) groups is 1. The van der Waals surface area contributed by atoms with Crippen LogP contribution in [0.25, 0.3) is 0 Å². The highest BCUT2D eigenvalue weighted by Crippen LogP contribution is 2.51. The Morgan fingerprint density at radius 1 is 1.12 bits per heavy atom. The summed E-state index contributed by atoms with van der Waals surface area (Å²) in [5, 5.41) is 26.8. The Hall–Kier alpha value is -3.94. The maximum Gasteiger partial charge on any atom is 0.187 e. The van der Waals surface area contributed by atoms with Crippen molar-refractivity contribution in [3.63, 3.8) is 0 Å². The van der Waals surface area contributed by atoms with Crippen molar-refractivity contribution in [3.8, 4) is 35.4 Å². The fourth-order valence-electron chi connectivity index (χ4n) is 10.6. The second kappa shape index (κ2) is 16.2. The summed E-state index contributed by atoms with van der Waals surface area (Å²) in [5.41, 5.74) is 15.7. The number of fused-ring (bicyclic) bond motifs is 4. The molecule has 2 aromatic rings. The highest BCUT2D eigenvalue weighted by atomic mass is 33.1. The molecule has 0 amide bonds. The van der Waals surface area contributed by atoms with E-state index in [2.05, 4.69) is 71.5 Å². The number of allylic oxidation sites excluding steroid dienone is 2. The van der Waals surface area contributed by atoms with Crippen LogP contribution in [0.4, 0.5) is 0 Å². The second-order valence-electron chi connectivity index (χ2n) is 17.7. The average molecular weight is 829 g/mol. The van der Waals surface area contributed by atoms with Crippen molar-refractivity contribution in [1.82, 2.24) is 10.2 Å². The second-order valence-corrected chi connectivity index (χ2v) is 20.2. The van der Waals surface area contributed by atoms with Crippen molar-refractivity contribution < 1.29 is 24.5 Å². The van der Waals surface area contributed by atoms with Gasteiger partial charge in [0.1, 0.15) is 18.0 Å². The first-order chi connectivity index (χ1) is 28.7. The molecule has 1 saturated carbocycles. The summed E-state index contributed by atoms with van der Waals surface area (Å²) in [6.45, 7) is 3.51. The Morgan fingerprint density at radius 2 is 1.98 bits per heavy atom. The SMILES string of the molecule is CC1C=CC(C(O)CC(=O)CCc2ccc3c4c2CSSCC2CNC(N)c5ccc6c(c52)CC2=C5CN(C=C5N=C2)C(O4)C(C#CC6O)C2(C#CO3)CCCC2)CC1. The minimum atomic E-state index is -1.03. The van der Waals surface area contributed by atoms with E-state index in [-0.39, 0.29) is 30.2 Å². The molecule has 0 saturated heterocycles. The van der Waals surface area contributed by atoms with E-state index in [1.807, 2.05) is 29.1 Å². The highest BCUT2D eigenvalue weighted by molar-refractivity contribution is 8.76. The van der Waals surface area contributed by atoms with Gasteiger partial charge in [-0.2, -0.15) is 0 Å². The fourth-order valence-corrected chi connectivity index (χ4v) is 13.1. The number of carbonyl (C=O) groups is 1. The minimum Gasteiger partial charge on any atom is -0.465 e. The molecule has 7 heterocycles. The van der Waals surface area contributed by atoms with E-state index >= 15 is 0 Å². The molecule has 0 aromatic heterocycles. The summed E-state index contributed by atoms with van der Waals surface area (Å²) in [6, 6.07) is 8.12. The van der Waals surface area contributed by atoms with E-state index in [1.54, 1.807) is 10.8 Å². The van der Waals surface area contributed by atoms with Crippen molar-refractivity contribution in [1.29, 1.82) is 0 Å². The van der Waals surface area contributed by atoms with Crippen LogP contribution < -0.4 is 20.5 Å². The van der Waals surface area contributed by atoms with Gasteiger partial charge in [0.2, 0.25) is 0 Å². The van der Waals surface area contributed by atoms with Crippen LogP contribution in [0.2, 0.25) is 0 Å². The molecule has 1 spiro atoms. The van der Waals surface area contributed by atoms with Crippen LogP contribution in [0.5, 0.6) is 11.5 Å². The Kier molecular flexibility index (Phi) is 10.7. The normalized spacial score (nSPS) is 30.1. The number of nitrogens with one attached hydrogen (secondary N) is 1. The summed E-state index contributed by atoms with van der Waals surface area (Å²) >= 11 is 0. The van der Waals surface area contributed by atoms with Crippen molar-refractivity contribution >= 4 is 33.6 Å². The lowest BCUT2D eigenvalue weighted by atomic mass is 9.73. The molecular formula is C48H52N4O5S2. The molecular weight excluding hydrogens is 777 g/mol. The largest absolute Gasteiger partial charge is 0.465 e. The van der Waals surface area contributed by atoms with Crippen LogP contribution >= 0.6 is 21.6 Å². The number of carbonyl (C=O) groups excluding carboxylic acids is 1. The molecule has 2 aliphatic carbocycles. The average Bonchev–Trinajstić information content (AvgIpc) is 3.98. The maximum absolute atomic E-state index is 13.5. The van der Waals surface area contributed by atoms with E-state index in [4.69, 9.17) is 20.2 Å². The van der Waals surface area contributed by atoms with Crippen LogP contribution in [-0.2, 0) is 23.4 Å². The van der Waals surface area contributed by atoms with Crippen molar-refractivity contribution in [2.45, 2.75) is 107 Å². The third-order valence-corrected chi connectivity index (χ3v) is 16.4. The predicted molar refractivity (Wildman–Crippen MR) is 233 cm³/mol. The van der Waals surface area contributed by atoms with Gasteiger partial charge in [0.05, 0.1) is 29.3 Å². The van der Waals surface area contributed by atoms with Crippen LogP contribution in [0.1, 0.15) is 110 Å². The monoisotopic (exact) mass is 828 g/mol. The quantitative estimate of drug-likeness (QED) is 0.136. The van der Waals surface area contributed by atoms with Gasteiger partial charge >= 0.3 is 0 Å². The molecule has 11 rings (SSSR count). The smallest absolute Gasteiger partial charge is 0.187 e. The molecule has 9 aliphatic rings. The summed E-state index contributed by atoms with van der Waals surface area (Å²) in [6.07, 6.45) is 16.2. The van der Waals surface area contributed by atoms with Crippen molar-refractivity contribution in [3.05, 3.63) is 92.8 Å². The molecule has 8 unspecified atom stereocenters. The summed E-state index contributed by atoms with van der Waals surface area (Å²) in [4.78, 5) is 20.8. The molecule has 5 N–H and O–H groups in total. The van der Waals surface area contributed by atoms with Crippen molar-refractivity contribution in [2.24, 2.45) is 33.9 Å². The first-order valence-electron chi connectivity index (χ1n) is 21.5. The van der Waals surface area contributed by atoms with Gasteiger partial charge in [0, 0.05) is 79.2 Å². The Balaban J connectivity index is 1.10. The Morgan fingerprint density at radius 3 is 2.83 bits per heavy atom. The number of rotatable bonds is 6. The Labute approximate surface area is 355 Å². The first-order valence-corrected chi connectivity index (χ1v) is 23.9. The molecule has 9 nitrogen and oxygen atoms in total. The summed E-state index contributed by atoms with van der Waals surface area (Å²) in [5.74, 6) is 13.6. The maximum atomic E-state index is 13.5. The molecule has 8 bridgehead atoms. The molecule has 11 heteroatoms. The number of nitrogens with two attached hydrogens (primary N) is 1. The molecule has 59 heavy (non-hydrogen) atoms. The zero-order valence-electron chi connectivity index (χ0n) is 33.5. The number of hydrogen-bond acceptors (Lipinski definition) is 11. The number of hydrogen-bond donors (Lipinski definition) is 4. The zero-order chi connectivity index (χ0) is 40.3. The van der Waals surface area contributed by atoms with Gasteiger partial charge in [0.15, 0.2) is 17.7 Å². The van der Waals surface area contributed by atoms with E-state index in [9.17, 15) is 15.0 Å². The van der Waals surface area contributed by atoms with Gasteiger partial charge in [-0.1, -0.05) is 89.5 Å². The number of aliphatic hydroxyl groups is 2. The lowest BCUT2D eigenvalue weighted by Crippen LogP contribution is -2.47.